The van der Waals surface area contributed by atoms with Crippen molar-refractivity contribution < 1.29 is 27.7 Å². The van der Waals surface area contributed by atoms with Gasteiger partial charge in [0.25, 0.3) is 17.9 Å². The maximum absolute atomic E-state index is 12.9. The first-order valence-corrected chi connectivity index (χ1v) is 15.1. The fourth-order valence-electron chi connectivity index (χ4n) is 3.68. The lowest BCUT2D eigenvalue weighted by atomic mass is 10.00. The van der Waals surface area contributed by atoms with E-state index in [4.69, 9.17) is 13.3 Å². The molecule has 0 saturated heterocycles. The van der Waals surface area contributed by atoms with E-state index in [9.17, 15) is 14.4 Å². The maximum Gasteiger partial charge on any atom is 0.701 e. The van der Waals surface area contributed by atoms with Crippen LogP contribution in [0.3, 0.4) is 0 Å². The second-order valence-corrected chi connectivity index (χ2v) is 11.2. The lowest BCUT2D eigenvalue weighted by Crippen LogP contribution is -2.50. The summed E-state index contributed by atoms with van der Waals surface area (Å²) in [5.74, 6) is -2.16. The van der Waals surface area contributed by atoms with Crippen LogP contribution in [0.15, 0.2) is 0 Å². The normalized spacial score (nSPS) is 15.8. The van der Waals surface area contributed by atoms with Gasteiger partial charge in [-0.2, -0.15) is 0 Å². The lowest BCUT2D eigenvalue weighted by Gasteiger charge is -2.29. The molecule has 188 valence electrons. The Balaban J connectivity index is 5.60. The SMILES string of the molecule is CCCCC(CC)C(=O)O[Si](C)(OC(=O)C(CC)CCCC)OC(=O)C(CC)CCCC. The maximum atomic E-state index is 12.9. The van der Waals surface area contributed by atoms with Gasteiger partial charge in [-0.05, 0) is 38.5 Å². The molecule has 0 bridgehead atoms. The van der Waals surface area contributed by atoms with E-state index in [1.165, 1.54) is 6.55 Å². The predicted octanol–water partition coefficient (Wildman–Crippen LogP) is 6.83. The molecule has 0 amide bonds. The van der Waals surface area contributed by atoms with Crippen LogP contribution in [-0.4, -0.2) is 26.7 Å². The molecule has 6 nitrogen and oxygen atoms in total. The first kappa shape index (κ1) is 30.6. The van der Waals surface area contributed by atoms with Gasteiger partial charge in [0, 0.05) is 6.55 Å². The predicted molar refractivity (Wildman–Crippen MR) is 130 cm³/mol. The van der Waals surface area contributed by atoms with E-state index in [2.05, 4.69) is 20.8 Å². The van der Waals surface area contributed by atoms with Gasteiger partial charge >= 0.3 is 8.80 Å². The second kappa shape index (κ2) is 17.1. The summed E-state index contributed by atoms with van der Waals surface area (Å²) in [7, 11) is -3.84. The molecule has 0 N–H and O–H groups in total. The van der Waals surface area contributed by atoms with Crippen LogP contribution in [0.2, 0.25) is 6.55 Å². The van der Waals surface area contributed by atoms with Crippen LogP contribution in [0.5, 0.6) is 0 Å². The van der Waals surface area contributed by atoms with Gasteiger partial charge < -0.3 is 13.3 Å². The minimum atomic E-state index is -3.84. The first-order chi connectivity index (χ1) is 15.2. The van der Waals surface area contributed by atoms with Crippen molar-refractivity contribution in [2.75, 3.05) is 0 Å². The average molecular weight is 473 g/mol. The molecule has 0 aliphatic heterocycles. The van der Waals surface area contributed by atoms with E-state index in [1.807, 2.05) is 20.8 Å². The molecule has 0 aromatic rings. The summed E-state index contributed by atoms with van der Waals surface area (Å²) in [4.78, 5) is 38.7. The van der Waals surface area contributed by atoms with Crippen LogP contribution in [0.1, 0.15) is 119 Å². The van der Waals surface area contributed by atoms with Crippen LogP contribution in [0.25, 0.3) is 0 Å². The van der Waals surface area contributed by atoms with Crippen molar-refractivity contribution in [1.82, 2.24) is 0 Å². The van der Waals surface area contributed by atoms with Gasteiger partial charge in [0.2, 0.25) is 0 Å². The Labute approximate surface area is 197 Å². The van der Waals surface area contributed by atoms with Crippen molar-refractivity contribution in [2.24, 2.45) is 17.8 Å². The van der Waals surface area contributed by atoms with Gasteiger partial charge in [-0.1, -0.05) is 80.1 Å². The minimum absolute atomic E-state index is 0.289. The summed E-state index contributed by atoms with van der Waals surface area (Å²) in [6.45, 7) is 13.5. The molecule has 3 atom stereocenters. The Morgan fingerprint density at radius 1 is 0.562 bits per heavy atom. The fourth-order valence-corrected chi connectivity index (χ4v) is 5.40. The summed E-state index contributed by atoms with van der Waals surface area (Å²) in [5, 5.41) is 0. The standard InChI is InChI=1S/C25H48O6Si/c1-8-14-17-20(11-4)23(26)29-32(7,30-24(27)21(12-5)18-15-9-2)31-25(28)22(13-6)19-16-10-3/h20-22H,8-19H2,1-7H3. The molecule has 0 heterocycles. The summed E-state index contributed by atoms with van der Waals surface area (Å²) in [6, 6.07) is 0. The molecule has 0 spiro atoms. The first-order valence-electron chi connectivity index (χ1n) is 12.9. The number of rotatable bonds is 18. The van der Waals surface area contributed by atoms with Crippen LogP contribution in [0, 0.1) is 17.8 Å². The van der Waals surface area contributed by atoms with Crippen LogP contribution < -0.4 is 0 Å². The van der Waals surface area contributed by atoms with Crippen molar-refractivity contribution in [1.29, 1.82) is 0 Å². The van der Waals surface area contributed by atoms with Gasteiger partial charge in [0.15, 0.2) is 0 Å². The highest BCUT2D eigenvalue weighted by Crippen LogP contribution is 2.24. The highest BCUT2D eigenvalue weighted by Gasteiger charge is 2.50. The van der Waals surface area contributed by atoms with Crippen molar-refractivity contribution in [3.63, 3.8) is 0 Å². The highest BCUT2D eigenvalue weighted by atomic mass is 28.4. The molecule has 0 saturated carbocycles. The zero-order valence-electron chi connectivity index (χ0n) is 21.7. The van der Waals surface area contributed by atoms with E-state index in [1.54, 1.807) is 0 Å². The van der Waals surface area contributed by atoms with E-state index in [0.717, 1.165) is 38.5 Å². The minimum Gasteiger partial charge on any atom is -0.455 e. The summed E-state index contributed by atoms with van der Waals surface area (Å²) < 4.78 is 17.2. The molecule has 0 aliphatic carbocycles. The summed E-state index contributed by atoms with van der Waals surface area (Å²) in [6.07, 6.45) is 9.70. The molecule has 32 heavy (non-hydrogen) atoms. The van der Waals surface area contributed by atoms with Crippen LogP contribution >= 0.6 is 0 Å². The van der Waals surface area contributed by atoms with Crippen molar-refractivity contribution >= 4 is 26.7 Å². The molecule has 0 aliphatic rings. The Hall–Kier alpha value is -1.37. The number of carbonyl (C=O) groups is 3. The van der Waals surface area contributed by atoms with E-state index < -0.39 is 26.7 Å². The Morgan fingerprint density at radius 3 is 1.00 bits per heavy atom. The van der Waals surface area contributed by atoms with Gasteiger partial charge in [0.1, 0.15) is 0 Å². The average Bonchev–Trinajstić information content (AvgIpc) is 2.74. The highest BCUT2D eigenvalue weighted by molar-refractivity contribution is 6.64. The van der Waals surface area contributed by atoms with Crippen molar-refractivity contribution in [2.45, 2.75) is 125 Å². The third kappa shape index (κ3) is 11.5. The molecule has 3 unspecified atom stereocenters. The van der Waals surface area contributed by atoms with E-state index >= 15 is 0 Å². The molecule has 0 rings (SSSR count). The summed E-state index contributed by atoms with van der Waals surface area (Å²) >= 11 is 0. The van der Waals surface area contributed by atoms with Gasteiger partial charge in [-0.25, -0.2) is 0 Å². The monoisotopic (exact) mass is 472 g/mol. The lowest BCUT2D eigenvalue weighted by molar-refractivity contribution is -0.156. The molecular weight excluding hydrogens is 424 g/mol. The Kier molecular flexibility index (Phi) is 16.4. The van der Waals surface area contributed by atoms with E-state index in [-0.39, 0.29) is 17.8 Å². The molecule has 0 aromatic heterocycles. The molecule has 0 fully saturated rings. The molecule has 0 aromatic carbocycles. The molecular formula is C25H48O6Si. The van der Waals surface area contributed by atoms with Crippen molar-refractivity contribution in [3.8, 4) is 0 Å². The van der Waals surface area contributed by atoms with E-state index in [0.29, 0.717) is 38.5 Å². The topological polar surface area (TPSA) is 78.9 Å². The number of hydrogen-bond donors (Lipinski definition) is 0. The Bertz CT molecular complexity index is 476. The van der Waals surface area contributed by atoms with Gasteiger partial charge in [0.05, 0.1) is 17.8 Å². The quantitative estimate of drug-likeness (QED) is 0.203. The largest absolute Gasteiger partial charge is 0.701 e. The van der Waals surface area contributed by atoms with Crippen LogP contribution in [0.4, 0.5) is 0 Å². The number of hydrogen-bond acceptors (Lipinski definition) is 6. The number of unbranched alkanes of at least 4 members (excludes halogenated alkanes) is 3. The third-order valence-corrected chi connectivity index (χ3v) is 7.77. The van der Waals surface area contributed by atoms with Crippen LogP contribution in [-0.2, 0) is 27.7 Å². The molecule has 0 radical (unpaired) electrons. The fraction of sp³-hybridized carbons (Fsp3) is 0.880. The smallest absolute Gasteiger partial charge is 0.455 e. The zero-order valence-corrected chi connectivity index (χ0v) is 22.7. The van der Waals surface area contributed by atoms with Gasteiger partial charge in [-0.15, -0.1) is 0 Å². The zero-order chi connectivity index (χ0) is 24.6. The third-order valence-electron chi connectivity index (χ3n) is 6.05. The second-order valence-electron chi connectivity index (χ2n) is 8.87. The summed E-state index contributed by atoms with van der Waals surface area (Å²) in [5.41, 5.74) is 0. The van der Waals surface area contributed by atoms with Crippen molar-refractivity contribution in [3.05, 3.63) is 0 Å². The molecule has 7 heteroatoms. The number of carbonyl (C=O) groups excluding carboxylic acids is 3. The Morgan fingerprint density at radius 2 is 0.812 bits per heavy atom. The van der Waals surface area contributed by atoms with Gasteiger partial charge in [-0.3, -0.25) is 14.4 Å².